The van der Waals surface area contributed by atoms with Gasteiger partial charge in [0.05, 0.1) is 10.6 Å². The summed E-state index contributed by atoms with van der Waals surface area (Å²) in [4.78, 5) is 0. The molecule has 0 aliphatic rings. The Kier molecular flexibility index (Phi) is 4.78. The molecular weight excluding hydrogens is 323 g/mol. The van der Waals surface area contributed by atoms with Crippen LogP contribution in [0.1, 0.15) is 31.1 Å². The highest BCUT2D eigenvalue weighted by atomic mass is 79.9. The van der Waals surface area contributed by atoms with Gasteiger partial charge in [-0.25, -0.2) is 4.39 Å². The van der Waals surface area contributed by atoms with Gasteiger partial charge in [0.15, 0.2) is 0 Å². The fourth-order valence-electron chi connectivity index (χ4n) is 1.97. The first-order valence-corrected chi connectivity index (χ1v) is 7.17. The van der Waals surface area contributed by atoms with Crippen molar-refractivity contribution < 1.29 is 14.2 Å². The Labute approximate surface area is 126 Å². The van der Waals surface area contributed by atoms with E-state index in [-0.39, 0.29) is 10.6 Å². The third kappa shape index (κ3) is 3.19. The van der Waals surface area contributed by atoms with Gasteiger partial charge in [0, 0.05) is 11.1 Å². The Balaban J connectivity index is 2.43. The van der Waals surface area contributed by atoms with Crippen LogP contribution in [-0.2, 0) is 0 Å². The third-order valence-corrected chi connectivity index (χ3v) is 3.69. The van der Waals surface area contributed by atoms with Crippen molar-refractivity contribution in [2.24, 2.45) is 0 Å². The first-order chi connectivity index (χ1) is 9.50. The summed E-state index contributed by atoms with van der Waals surface area (Å²) in [6, 6.07) is 11.8. The molecule has 0 heterocycles. The lowest BCUT2D eigenvalue weighted by molar-refractivity contribution is 0.197. The SMILES string of the molecule is CC(C)Oc1ccccc1C(O)c1cccc(F)c1Br. The van der Waals surface area contributed by atoms with Crippen LogP contribution in [0.2, 0.25) is 0 Å². The Morgan fingerprint density at radius 3 is 2.40 bits per heavy atom. The highest BCUT2D eigenvalue weighted by Crippen LogP contribution is 2.34. The second kappa shape index (κ2) is 6.37. The topological polar surface area (TPSA) is 29.5 Å². The molecule has 2 rings (SSSR count). The summed E-state index contributed by atoms with van der Waals surface area (Å²) in [6.45, 7) is 3.84. The van der Waals surface area contributed by atoms with Crippen LogP contribution in [0, 0.1) is 5.82 Å². The monoisotopic (exact) mass is 338 g/mol. The molecule has 4 heteroatoms. The Bertz CT molecular complexity index is 599. The Hall–Kier alpha value is -1.39. The maximum Gasteiger partial charge on any atom is 0.137 e. The molecule has 2 aromatic carbocycles. The molecule has 0 spiro atoms. The number of aliphatic hydroxyl groups is 1. The first kappa shape index (κ1) is 15.0. The van der Waals surface area contributed by atoms with Gasteiger partial charge in [-0.2, -0.15) is 0 Å². The summed E-state index contributed by atoms with van der Waals surface area (Å²) in [5.41, 5.74) is 1.09. The summed E-state index contributed by atoms with van der Waals surface area (Å²) in [5.74, 6) is 0.204. The van der Waals surface area contributed by atoms with Gasteiger partial charge in [-0.05, 0) is 41.9 Å². The number of para-hydroxylation sites is 1. The quantitative estimate of drug-likeness (QED) is 0.891. The van der Waals surface area contributed by atoms with Crippen molar-refractivity contribution in [2.45, 2.75) is 26.1 Å². The summed E-state index contributed by atoms with van der Waals surface area (Å²) >= 11 is 3.18. The van der Waals surface area contributed by atoms with Crippen LogP contribution in [0.3, 0.4) is 0 Å². The van der Waals surface area contributed by atoms with Crippen molar-refractivity contribution in [1.29, 1.82) is 0 Å². The zero-order valence-corrected chi connectivity index (χ0v) is 12.9. The third-order valence-electron chi connectivity index (χ3n) is 2.85. The second-order valence-corrected chi connectivity index (χ2v) is 5.54. The largest absolute Gasteiger partial charge is 0.491 e. The minimum atomic E-state index is -0.949. The van der Waals surface area contributed by atoms with Crippen molar-refractivity contribution in [3.05, 3.63) is 63.9 Å². The minimum Gasteiger partial charge on any atom is -0.491 e. The van der Waals surface area contributed by atoms with Crippen LogP contribution >= 0.6 is 15.9 Å². The van der Waals surface area contributed by atoms with Gasteiger partial charge in [0.2, 0.25) is 0 Å². The molecule has 0 aliphatic carbocycles. The van der Waals surface area contributed by atoms with Crippen molar-refractivity contribution >= 4 is 15.9 Å². The molecule has 20 heavy (non-hydrogen) atoms. The molecule has 1 N–H and O–H groups in total. The lowest BCUT2D eigenvalue weighted by Crippen LogP contribution is -2.10. The summed E-state index contributed by atoms with van der Waals surface area (Å²) in [6.07, 6.45) is -0.950. The van der Waals surface area contributed by atoms with Gasteiger partial charge in [-0.15, -0.1) is 0 Å². The molecular formula is C16H16BrFO2. The van der Waals surface area contributed by atoms with E-state index >= 15 is 0 Å². The van der Waals surface area contributed by atoms with E-state index in [1.54, 1.807) is 24.3 Å². The fraction of sp³-hybridized carbons (Fsp3) is 0.250. The maximum atomic E-state index is 13.6. The van der Waals surface area contributed by atoms with Gasteiger partial charge in [0.1, 0.15) is 17.7 Å². The zero-order valence-electron chi connectivity index (χ0n) is 11.3. The molecule has 0 amide bonds. The number of halogens is 2. The smallest absolute Gasteiger partial charge is 0.137 e. The van der Waals surface area contributed by atoms with Crippen molar-refractivity contribution in [1.82, 2.24) is 0 Å². The number of hydrogen-bond donors (Lipinski definition) is 1. The molecule has 2 aromatic rings. The molecule has 0 fully saturated rings. The molecule has 0 aromatic heterocycles. The first-order valence-electron chi connectivity index (χ1n) is 6.38. The van der Waals surface area contributed by atoms with E-state index in [0.29, 0.717) is 16.9 Å². The van der Waals surface area contributed by atoms with Gasteiger partial charge in [0.25, 0.3) is 0 Å². The summed E-state index contributed by atoms with van der Waals surface area (Å²) in [5, 5.41) is 10.5. The highest BCUT2D eigenvalue weighted by Gasteiger charge is 2.19. The average molecular weight is 339 g/mol. The molecule has 0 saturated heterocycles. The Morgan fingerprint density at radius 2 is 1.70 bits per heavy atom. The van der Waals surface area contributed by atoms with E-state index in [4.69, 9.17) is 4.74 Å². The van der Waals surface area contributed by atoms with Crippen molar-refractivity contribution in [2.75, 3.05) is 0 Å². The molecule has 0 saturated carbocycles. The normalized spacial score (nSPS) is 12.5. The molecule has 106 valence electrons. The number of hydrogen-bond acceptors (Lipinski definition) is 2. The van der Waals surface area contributed by atoms with Crippen LogP contribution in [0.15, 0.2) is 46.9 Å². The average Bonchev–Trinajstić information content (AvgIpc) is 2.41. The minimum absolute atomic E-state index is 0.000648. The van der Waals surface area contributed by atoms with Gasteiger partial charge >= 0.3 is 0 Å². The summed E-state index contributed by atoms with van der Waals surface area (Å²) in [7, 11) is 0. The number of rotatable bonds is 4. The summed E-state index contributed by atoms with van der Waals surface area (Å²) < 4.78 is 19.5. The van der Waals surface area contributed by atoms with E-state index < -0.39 is 11.9 Å². The molecule has 1 unspecified atom stereocenters. The number of benzene rings is 2. The molecule has 1 atom stereocenters. The van der Waals surface area contributed by atoms with Crippen LogP contribution in [0.4, 0.5) is 4.39 Å². The van der Waals surface area contributed by atoms with Gasteiger partial charge in [-0.1, -0.05) is 30.3 Å². The molecule has 0 aliphatic heterocycles. The second-order valence-electron chi connectivity index (χ2n) is 4.75. The zero-order chi connectivity index (χ0) is 14.7. The fourth-order valence-corrected chi connectivity index (χ4v) is 2.45. The predicted octanol–water partition coefficient (Wildman–Crippen LogP) is 4.46. The number of ether oxygens (including phenoxy) is 1. The lowest BCUT2D eigenvalue weighted by atomic mass is 10.0. The van der Waals surface area contributed by atoms with Crippen LogP contribution < -0.4 is 4.74 Å². The molecule has 0 bridgehead atoms. The van der Waals surface area contributed by atoms with Gasteiger partial charge in [-0.3, -0.25) is 0 Å². The van der Waals surface area contributed by atoms with E-state index in [9.17, 15) is 9.50 Å². The highest BCUT2D eigenvalue weighted by molar-refractivity contribution is 9.10. The van der Waals surface area contributed by atoms with E-state index in [1.807, 2.05) is 26.0 Å². The maximum absolute atomic E-state index is 13.6. The van der Waals surface area contributed by atoms with Crippen LogP contribution in [0.5, 0.6) is 5.75 Å². The van der Waals surface area contributed by atoms with Crippen molar-refractivity contribution in [3.63, 3.8) is 0 Å². The van der Waals surface area contributed by atoms with E-state index in [2.05, 4.69) is 15.9 Å². The van der Waals surface area contributed by atoms with Crippen LogP contribution in [-0.4, -0.2) is 11.2 Å². The van der Waals surface area contributed by atoms with E-state index in [1.165, 1.54) is 6.07 Å². The molecule has 2 nitrogen and oxygen atoms in total. The van der Waals surface area contributed by atoms with Crippen LogP contribution in [0.25, 0.3) is 0 Å². The molecule has 0 radical (unpaired) electrons. The standard InChI is InChI=1S/C16H16BrFO2/c1-10(2)20-14-9-4-3-6-11(14)16(19)12-7-5-8-13(18)15(12)17/h3-10,16,19H,1-2H3. The Morgan fingerprint density at radius 1 is 1.05 bits per heavy atom. The van der Waals surface area contributed by atoms with Gasteiger partial charge < -0.3 is 9.84 Å². The van der Waals surface area contributed by atoms with Crippen molar-refractivity contribution in [3.8, 4) is 5.75 Å². The lowest BCUT2D eigenvalue weighted by Gasteiger charge is -2.19. The predicted molar refractivity (Wildman–Crippen MR) is 80.4 cm³/mol. The number of aliphatic hydroxyl groups excluding tert-OH is 1. The van der Waals surface area contributed by atoms with E-state index in [0.717, 1.165) is 0 Å².